The number of anilines is 1. The number of aryl methyl sites for hydroxylation is 1. The van der Waals surface area contributed by atoms with Crippen LogP contribution in [-0.4, -0.2) is 20.2 Å². The fraction of sp³-hybridized carbons (Fsp3) is 0.118. The maximum absolute atomic E-state index is 12.6. The number of carbonyl (C=O) groups excluding carboxylic acids is 1. The van der Waals surface area contributed by atoms with Crippen LogP contribution in [0.5, 0.6) is 0 Å². The van der Waals surface area contributed by atoms with Crippen molar-refractivity contribution in [2.75, 3.05) is 10.8 Å². The lowest BCUT2D eigenvalue weighted by Crippen LogP contribution is -2.34. The molecule has 2 aromatic rings. The molecule has 0 aliphatic carbocycles. The average molecular weight is 350 g/mol. The summed E-state index contributed by atoms with van der Waals surface area (Å²) in [5.74, 6) is -0.967. The third kappa shape index (κ3) is 4.21. The molecule has 0 atom stereocenters. The summed E-state index contributed by atoms with van der Waals surface area (Å²) in [6.45, 7) is 5.30. The number of sulfone groups is 1. The zero-order valence-corrected chi connectivity index (χ0v) is 14.1. The van der Waals surface area contributed by atoms with Gasteiger partial charge < -0.3 is 0 Å². The van der Waals surface area contributed by atoms with Crippen LogP contribution in [0.25, 0.3) is 0 Å². The third-order valence-corrected chi connectivity index (χ3v) is 5.10. The van der Waals surface area contributed by atoms with E-state index in [4.69, 9.17) is 11.6 Å². The van der Waals surface area contributed by atoms with Crippen LogP contribution in [-0.2, 0) is 14.6 Å². The van der Waals surface area contributed by atoms with Crippen molar-refractivity contribution in [1.29, 1.82) is 0 Å². The van der Waals surface area contributed by atoms with Gasteiger partial charge in [-0.25, -0.2) is 8.42 Å². The molecule has 0 spiro atoms. The van der Waals surface area contributed by atoms with Crippen LogP contribution >= 0.6 is 11.6 Å². The van der Waals surface area contributed by atoms with Gasteiger partial charge in [-0.05, 0) is 49.4 Å². The molecule has 0 bridgehead atoms. The van der Waals surface area contributed by atoms with Gasteiger partial charge in [-0.15, -0.1) is 0 Å². The second kappa shape index (κ2) is 6.98. The van der Waals surface area contributed by atoms with E-state index in [2.05, 4.69) is 6.58 Å². The van der Waals surface area contributed by atoms with Crippen molar-refractivity contribution in [2.45, 2.75) is 11.8 Å². The standard InChI is InChI=1S/C17H16ClNO3S/c1-3-17(20)19(15-8-6-14(18)7-9-15)12-23(21,22)16-10-4-13(2)5-11-16/h3-11H,1,12H2,2H3. The van der Waals surface area contributed by atoms with Crippen molar-refractivity contribution in [2.24, 2.45) is 0 Å². The van der Waals surface area contributed by atoms with E-state index in [-0.39, 0.29) is 4.90 Å². The summed E-state index contributed by atoms with van der Waals surface area (Å²) < 4.78 is 25.1. The van der Waals surface area contributed by atoms with Crippen molar-refractivity contribution in [3.8, 4) is 0 Å². The first-order valence-electron chi connectivity index (χ1n) is 6.82. The first-order chi connectivity index (χ1) is 10.8. The molecule has 0 heterocycles. The van der Waals surface area contributed by atoms with Gasteiger partial charge in [0, 0.05) is 10.7 Å². The van der Waals surface area contributed by atoms with Crippen molar-refractivity contribution in [3.63, 3.8) is 0 Å². The number of nitrogens with zero attached hydrogens (tertiary/aromatic N) is 1. The molecule has 1 amide bonds. The molecule has 0 saturated carbocycles. The molecule has 6 heteroatoms. The maximum Gasteiger partial charge on any atom is 0.251 e. The van der Waals surface area contributed by atoms with E-state index in [0.29, 0.717) is 10.7 Å². The smallest absolute Gasteiger partial charge is 0.251 e. The highest BCUT2D eigenvalue weighted by Crippen LogP contribution is 2.21. The molecular formula is C17H16ClNO3S. The second-order valence-corrected chi connectivity index (χ2v) is 7.40. The molecule has 120 valence electrons. The highest BCUT2D eigenvalue weighted by molar-refractivity contribution is 7.91. The highest BCUT2D eigenvalue weighted by Gasteiger charge is 2.23. The molecule has 0 aliphatic rings. The van der Waals surface area contributed by atoms with Gasteiger partial charge in [-0.2, -0.15) is 0 Å². The van der Waals surface area contributed by atoms with Crippen LogP contribution in [0.4, 0.5) is 5.69 Å². The van der Waals surface area contributed by atoms with Gasteiger partial charge in [0.2, 0.25) is 0 Å². The number of halogens is 1. The van der Waals surface area contributed by atoms with Crippen LogP contribution in [0.3, 0.4) is 0 Å². The lowest BCUT2D eigenvalue weighted by atomic mass is 10.2. The summed E-state index contributed by atoms with van der Waals surface area (Å²) in [6.07, 6.45) is 1.08. The lowest BCUT2D eigenvalue weighted by Gasteiger charge is -2.21. The van der Waals surface area contributed by atoms with E-state index in [1.807, 2.05) is 6.92 Å². The van der Waals surface area contributed by atoms with Gasteiger partial charge in [-0.1, -0.05) is 35.9 Å². The van der Waals surface area contributed by atoms with Gasteiger partial charge in [0.15, 0.2) is 9.84 Å². The Morgan fingerprint density at radius 3 is 2.22 bits per heavy atom. The largest absolute Gasteiger partial charge is 0.294 e. The van der Waals surface area contributed by atoms with Gasteiger partial charge in [0.25, 0.3) is 5.91 Å². The Hall–Kier alpha value is -2.11. The molecule has 0 N–H and O–H groups in total. The van der Waals surface area contributed by atoms with Crippen LogP contribution in [0, 0.1) is 6.92 Å². The molecular weight excluding hydrogens is 334 g/mol. The molecule has 4 nitrogen and oxygen atoms in total. The molecule has 0 unspecified atom stereocenters. The lowest BCUT2D eigenvalue weighted by molar-refractivity contribution is -0.114. The van der Waals surface area contributed by atoms with E-state index in [1.165, 1.54) is 12.1 Å². The number of hydrogen-bond acceptors (Lipinski definition) is 3. The van der Waals surface area contributed by atoms with E-state index in [1.54, 1.807) is 36.4 Å². The number of carbonyl (C=O) groups is 1. The summed E-state index contributed by atoms with van der Waals surface area (Å²) in [5, 5.41) is 0.501. The minimum absolute atomic E-state index is 0.166. The first kappa shape index (κ1) is 17.2. The van der Waals surface area contributed by atoms with Gasteiger partial charge in [0.1, 0.15) is 5.88 Å². The van der Waals surface area contributed by atoms with Crippen LogP contribution < -0.4 is 4.90 Å². The fourth-order valence-electron chi connectivity index (χ4n) is 1.99. The SMILES string of the molecule is C=CC(=O)N(CS(=O)(=O)c1ccc(C)cc1)c1ccc(Cl)cc1. The average Bonchev–Trinajstić information content (AvgIpc) is 2.53. The second-order valence-electron chi connectivity index (χ2n) is 5.00. The van der Waals surface area contributed by atoms with Crippen molar-refractivity contribution >= 4 is 33.0 Å². The van der Waals surface area contributed by atoms with Crippen LogP contribution in [0.1, 0.15) is 5.56 Å². The molecule has 2 aromatic carbocycles. The predicted molar refractivity (Wildman–Crippen MR) is 92.4 cm³/mol. The normalized spacial score (nSPS) is 11.0. The van der Waals surface area contributed by atoms with Crippen molar-refractivity contribution < 1.29 is 13.2 Å². The Labute approximate surface area is 140 Å². The Morgan fingerprint density at radius 2 is 1.70 bits per heavy atom. The minimum Gasteiger partial charge on any atom is -0.294 e. The first-order valence-corrected chi connectivity index (χ1v) is 8.85. The molecule has 0 fully saturated rings. The zero-order chi connectivity index (χ0) is 17.0. The fourth-order valence-corrected chi connectivity index (χ4v) is 3.43. The molecule has 0 saturated heterocycles. The van der Waals surface area contributed by atoms with Crippen LogP contribution in [0.2, 0.25) is 5.02 Å². The minimum atomic E-state index is -3.67. The number of rotatable bonds is 5. The van der Waals surface area contributed by atoms with Gasteiger partial charge >= 0.3 is 0 Å². The topological polar surface area (TPSA) is 54.5 Å². The summed E-state index contributed by atoms with van der Waals surface area (Å²) >= 11 is 5.83. The van der Waals surface area contributed by atoms with Crippen molar-refractivity contribution in [3.05, 3.63) is 71.8 Å². The summed E-state index contributed by atoms with van der Waals surface area (Å²) in [4.78, 5) is 13.4. The van der Waals surface area contributed by atoms with E-state index >= 15 is 0 Å². The van der Waals surface area contributed by atoms with Crippen LogP contribution in [0.15, 0.2) is 66.1 Å². The molecule has 0 aliphatic heterocycles. The summed E-state index contributed by atoms with van der Waals surface area (Å²) in [5.41, 5.74) is 1.40. The van der Waals surface area contributed by atoms with E-state index in [0.717, 1.165) is 16.5 Å². The zero-order valence-electron chi connectivity index (χ0n) is 12.6. The quantitative estimate of drug-likeness (QED) is 0.775. The van der Waals surface area contributed by atoms with E-state index in [9.17, 15) is 13.2 Å². The summed E-state index contributed by atoms with van der Waals surface area (Å²) in [6, 6.07) is 12.9. The van der Waals surface area contributed by atoms with Gasteiger partial charge in [0.05, 0.1) is 4.90 Å². The number of amides is 1. The molecule has 0 radical (unpaired) electrons. The van der Waals surface area contributed by atoms with Gasteiger partial charge in [-0.3, -0.25) is 9.69 Å². The molecule has 23 heavy (non-hydrogen) atoms. The monoisotopic (exact) mass is 349 g/mol. The Kier molecular flexibility index (Phi) is 5.23. The maximum atomic E-state index is 12.6. The highest BCUT2D eigenvalue weighted by atomic mass is 35.5. The Balaban J connectivity index is 2.37. The molecule has 2 rings (SSSR count). The summed E-state index contributed by atoms with van der Waals surface area (Å²) in [7, 11) is -3.67. The predicted octanol–water partition coefficient (Wildman–Crippen LogP) is 3.60. The number of hydrogen-bond donors (Lipinski definition) is 0. The Bertz CT molecular complexity index is 812. The van der Waals surface area contributed by atoms with Crippen molar-refractivity contribution in [1.82, 2.24) is 0 Å². The Morgan fingerprint density at radius 1 is 1.13 bits per heavy atom. The molecule has 0 aromatic heterocycles. The van der Waals surface area contributed by atoms with E-state index < -0.39 is 21.6 Å². The third-order valence-electron chi connectivity index (χ3n) is 3.26. The number of benzene rings is 2.